The average molecular weight is 264 g/mol. The SMILES string of the molecule is C=C(C)C(=O)OCCCOC(=O)c1ccc(O)cc1. The molecule has 1 rings (SSSR count). The minimum atomic E-state index is -0.480. The monoisotopic (exact) mass is 264 g/mol. The number of rotatable bonds is 6. The van der Waals surface area contributed by atoms with Crippen molar-refractivity contribution < 1.29 is 24.2 Å². The molecule has 5 heteroatoms. The summed E-state index contributed by atoms with van der Waals surface area (Å²) in [6.45, 7) is 5.34. The van der Waals surface area contributed by atoms with Gasteiger partial charge in [-0.1, -0.05) is 6.58 Å². The number of esters is 2. The molecule has 0 aromatic heterocycles. The standard InChI is InChI=1S/C14H16O5/c1-10(2)13(16)18-8-3-9-19-14(17)11-4-6-12(15)7-5-11/h4-7,15H,1,3,8-9H2,2H3. The third-order valence-corrected chi connectivity index (χ3v) is 2.21. The molecule has 1 N–H and O–H groups in total. The summed E-state index contributed by atoms with van der Waals surface area (Å²) in [5.41, 5.74) is 0.692. The van der Waals surface area contributed by atoms with Crippen LogP contribution >= 0.6 is 0 Å². The maximum Gasteiger partial charge on any atom is 0.338 e. The molecule has 0 saturated heterocycles. The smallest absolute Gasteiger partial charge is 0.338 e. The molecule has 0 bridgehead atoms. The first-order valence-corrected chi connectivity index (χ1v) is 5.79. The Morgan fingerprint density at radius 3 is 2.32 bits per heavy atom. The second-order valence-electron chi connectivity index (χ2n) is 3.95. The van der Waals surface area contributed by atoms with E-state index in [0.717, 1.165) is 0 Å². The Bertz CT molecular complexity index is 461. The van der Waals surface area contributed by atoms with Crippen LogP contribution in [0.5, 0.6) is 5.75 Å². The van der Waals surface area contributed by atoms with Crippen molar-refractivity contribution in [3.63, 3.8) is 0 Å². The Kier molecular flexibility index (Phi) is 5.60. The molecule has 0 atom stereocenters. The Balaban J connectivity index is 2.23. The van der Waals surface area contributed by atoms with Gasteiger partial charge in [0.25, 0.3) is 0 Å². The number of aromatic hydroxyl groups is 1. The highest BCUT2D eigenvalue weighted by Gasteiger charge is 2.07. The number of hydrogen-bond acceptors (Lipinski definition) is 5. The molecular formula is C14H16O5. The van der Waals surface area contributed by atoms with Crippen LogP contribution in [0.3, 0.4) is 0 Å². The van der Waals surface area contributed by atoms with E-state index in [4.69, 9.17) is 14.6 Å². The Morgan fingerprint density at radius 2 is 1.74 bits per heavy atom. The minimum Gasteiger partial charge on any atom is -0.508 e. The predicted molar refractivity (Wildman–Crippen MR) is 68.8 cm³/mol. The molecule has 1 aromatic carbocycles. The zero-order valence-corrected chi connectivity index (χ0v) is 10.7. The fraction of sp³-hybridized carbons (Fsp3) is 0.286. The summed E-state index contributed by atoms with van der Waals surface area (Å²) in [7, 11) is 0. The molecule has 0 aliphatic heterocycles. The molecule has 0 fully saturated rings. The van der Waals surface area contributed by atoms with Crippen LogP contribution in [0.1, 0.15) is 23.7 Å². The van der Waals surface area contributed by atoms with Crippen molar-refractivity contribution in [2.24, 2.45) is 0 Å². The number of hydrogen-bond donors (Lipinski definition) is 1. The second-order valence-corrected chi connectivity index (χ2v) is 3.95. The Labute approximate surface area is 111 Å². The van der Waals surface area contributed by atoms with E-state index in [1.54, 1.807) is 6.92 Å². The first kappa shape index (κ1) is 14.8. The van der Waals surface area contributed by atoms with E-state index in [9.17, 15) is 9.59 Å². The number of carbonyl (C=O) groups excluding carboxylic acids is 2. The van der Waals surface area contributed by atoms with E-state index >= 15 is 0 Å². The zero-order chi connectivity index (χ0) is 14.3. The van der Waals surface area contributed by atoms with Crippen LogP contribution in [-0.4, -0.2) is 30.3 Å². The Morgan fingerprint density at radius 1 is 1.16 bits per heavy atom. The summed E-state index contributed by atoms with van der Waals surface area (Å²) in [6, 6.07) is 5.76. The van der Waals surface area contributed by atoms with Gasteiger partial charge in [-0.2, -0.15) is 0 Å². The quantitative estimate of drug-likeness (QED) is 0.483. The fourth-order valence-electron chi connectivity index (χ4n) is 1.19. The summed E-state index contributed by atoms with van der Waals surface area (Å²) in [5.74, 6) is -0.848. The lowest BCUT2D eigenvalue weighted by Crippen LogP contribution is -2.11. The highest BCUT2D eigenvalue weighted by molar-refractivity contribution is 5.89. The summed E-state index contributed by atoms with van der Waals surface area (Å²) < 4.78 is 9.82. The largest absolute Gasteiger partial charge is 0.508 e. The molecule has 102 valence electrons. The lowest BCUT2D eigenvalue weighted by Gasteiger charge is -2.06. The Hall–Kier alpha value is -2.30. The van der Waals surface area contributed by atoms with Gasteiger partial charge < -0.3 is 14.6 Å². The minimum absolute atomic E-state index is 0.0863. The van der Waals surface area contributed by atoms with Crippen LogP contribution in [-0.2, 0) is 14.3 Å². The van der Waals surface area contributed by atoms with Crippen LogP contribution in [0, 0.1) is 0 Å². The molecule has 5 nitrogen and oxygen atoms in total. The lowest BCUT2D eigenvalue weighted by molar-refractivity contribution is -0.139. The molecule has 0 saturated carbocycles. The van der Waals surface area contributed by atoms with Gasteiger partial charge in [0.15, 0.2) is 0 Å². The lowest BCUT2D eigenvalue weighted by atomic mass is 10.2. The molecule has 0 heterocycles. The molecule has 0 unspecified atom stereocenters. The number of benzene rings is 1. The topological polar surface area (TPSA) is 72.8 Å². The number of carbonyl (C=O) groups is 2. The van der Waals surface area contributed by atoms with Crippen molar-refractivity contribution in [2.75, 3.05) is 13.2 Å². The summed E-state index contributed by atoms with van der Waals surface area (Å²) in [4.78, 5) is 22.6. The van der Waals surface area contributed by atoms with Gasteiger partial charge >= 0.3 is 11.9 Å². The number of ether oxygens (including phenoxy) is 2. The maximum atomic E-state index is 11.5. The molecule has 19 heavy (non-hydrogen) atoms. The molecule has 0 radical (unpaired) electrons. The van der Waals surface area contributed by atoms with Gasteiger partial charge in [-0.3, -0.25) is 0 Å². The van der Waals surface area contributed by atoms with E-state index in [0.29, 0.717) is 17.6 Å². The van der Waals surface area contributed by atoms with Crippen molar-refractivity contribution in [3.8, 4) is 5.75 Å². The molecular weight excluding hydrogens is 248 g/mol. The average Bonchev–Trinajstić information content (AvgIpc) is 2.38. The summed E-state index contributed by atoms with van der Waals surface area (Å²) in [5, 5.41) is 9.07. The molecule has 0 aliphatic carbocycles. The van der Waals surface area contributed by atoms with Gasteiger partial charge in [-0.25, -0.2) is 9.59 Å². The molecule has 1 aromatic rings. The van der Waals surface area contributed by atoms with Gasteiger partial charge in [0.2, 0.25) is 0 Å². The molecule has 0 amide bonds. The number of phenolic OH excluding ortho intramolecular Hbond substituents is 1. The summed E-state index contributed by atoms with van der Waals surface area (Å²) >= 11 is 0. The van der Waals surface area contributed by atoms with Gasteiger partial charge in [0.1, 0.15) is 5.75 Å². The highest BCUT2D eigenvalue weighted by Crippen LogP contribution is 2.10. The fourth-order valence-corrected chi connectivity index (χ4v) is 1.19. The summed E-state index contributed by atoms with van der Waals surface area (Å²) in [6.07, 6.45) is 0.419. The van der Waals surface area contributed by atoms with E-state index in [1.165, 1.54) is 24.3 Å². The van der Waals surface area contributed by atoms with E-state index in [-0.39, 0.29) is 19.0 Å². The van der Waals surface area contributed by atoms with Gasteiger partial charge in [0, 0.05) is 12.0 Å². The highest BCUT2D eigenvalue weighted by atomic mass is 16.5. The van der Waals surface area contributed by atoms with Crippen molar-refractivity contribution in [1.29, 1.82) is 0 Å². The first-order chi connectivity index (χ1) is 9.00. The first-order valence-electron chi connectivity index (χ1n) is 5.79. The van der Waals surface area contributed by atoms with Crippen molar-refractivity contribution in [2.45, 2.75) is 13.3 Å². The van der Waals surface area contributed by atoms with E-state index < -0.39 is 11.9 Å². The van der Waals surface area contributed by atoms with Gasteiger partial charge in [0.05, 0.1) is 18.8 Å². The van der Waals surface area contributed by atoms with Crippen LogP contribution in [0.2, 0.25) is 0 Å². The molecule has 0 spiro atoms. The van der Waals surface area contributed by atoms with Crippen LogP contribution in [0.15, 0.2) is 36.4 Å². The predicted octanol–water partition coefficient (Wildman–Crippen LogP) is 2.06. The van der Waals surface area contributed by atoms with Crippen molar-refractivity contribution in [1.82, 2.24) is 0 Å². The normalized spacial score (nSPS) is 9.74. The van der Waals surface area contributed by atoms with Crippen LogP contribution < -0.4 is 0 Å². The van der Waals surface area contributed by atoms with Gasteiger partial charge in [-0.15, -0.1) is 0 Å². The third kappa shape index (κ3) is 5.25. The second kappa shape index (κ2) is 7.20. The van der Waals surface area contributed by atoms with Gasteiger partial charge in [-0.05, 0) is 31.2 Å². The third-order valence-electron chi connectivity index (χ3n) is 2.21. The molecule has 0 aliphatic rings. The van der Waals surface area contributed by atoms with Crippen LogP contribution in [0.4, 0.5) is 0 Å². The van der Waals surface area contributed by atoms with E-state index in [2.05, 4.69) is 6.58 Å². The number of phenols is 1. The zero-order valence-electron chi connectivity index (χ0n) is 10.7. The van der Waals surface area contributed by atoms with Crippen molar-refractivity contribution in [3.05, 3.63) is 42.0 Å². The van der Waals surface area contributed by atoms with Crippen molar-refractivity contribution >= 4 is 11.9 Å². The van der Waals surface area contributed by atoms with E-state index in [1.807, 2.05) is 0 Å². The maximum absolute atomic E-state index is 11.5. The van der Waals surface area contributed by atoms with Crippen LogP contribution in [0.25, 0.3) is 0 Å².